The Morgan fingerprint density at radius 2 is 1.74 bits per heavy atom. The van der Waals surface area contributed by atoms with Crippen LogP contribution in [0.15, 0.2) is 18.2 Å². The predicted molar refractivity (Wildman–Crippen MR) is 142 cm³/mol. The third kappa shape index (κ3) is 5.82. The highest BCUT2D eigenvalue weighted by Crippen LogP contribution is 2.41. The molecule has 0 saturated carbocycles. The number of carbonyl (C=O) groups excluding carboxylic acids is 2. The van der Waals surface area contributed by atoms with E-state index in [-0.39, 0.29) is 11.5 Å². The van der Waals surface area contributed by atoms with E-state index < -0.39 is 0 Å². The van der Waals surface area contributed by atoms with E-state index in [4.69, 9.17) is 23.2 Å². The van der Waals surface area contributed by atoms with Crippen molar-refractivity contribution in [2.45, 2.75) is 69.2 Å². The number of carbonyl (C=O) groups is 2. The van der Waals surface area contributed by atoms with E-state index in [1.165, 1.54) is 25.7 Å². The lowest BCUT2D eigenvalue weighted by molar-refractivity contribution is -0.972. The summed E-state index contributed by atoms with van der Waals surface area (Å²) < 4.78 is 0.892. The van der Waals surface area contributed by atoms with Crippen LogP contribution in [-0.2, 0) is 9.59 Å². The van der Waals surface area contributed by atoms with Gasteiger partial charge in [-0.15, -0.1) is 0 Å². The highest BCUT2D eigenvalue weighted by molar-refractivity contribution is 6.42. The highest BCUT2D eigenvalue weighted by atomic mass is 35.5. The van der Waals surface area contributed by atoms with Crippen LogP contribution in [0.2, 0.25) is 10.0 Å². The number of benzene rings is 1. The molecule has 6 nitrogen and oxygen atoms in total. The summed E-state index contributed by atoms with van der Waals surface area (Å²) in [5.41, 5.74) is 0.745. The fraction of sp³-hybridized carbons (Fsp3) is 0.704. The first kappa shape index (κ1) is 26.7. The quantitative estimate of drug-likeness (QED) is 0.373. The summed E-state index contributed by atoms with van der Waals surface area (Å²) in [5.74, 6) is 0.522. The van der Waals surface area contributed by atoms with Crippen LogP contribution < -0.4 is 10.6 Å². The lowest BCUT2D eigenvalue weighted by Gasteiger charge is -2.57. The maximum absolute atomic E-state index is 14.3. The third-order valence-electron chi connectivity index (χ3n) is 8.82. The van der Waals surface area contributed by atoms with Gasteiger partial charge in [-0.2, -0.15) is 0 Å². The first-order valence-electron chi connectivity index (χ1n) is 13.5. The zero-order valence-electron chi connectivity index (χ0n) is 20.9. The number of likely N-dealkylation sites (tertiary alicyclic amines) is 2. The van der Waals surface area contributed by atoms with Gasteiger partial charge in [-0.3, -0.25) is 9.59 Å². The molecule has 0 spiro atoms. The summed E-state index contributed by atoms with van der Waals surface area (Å²) in [6, 6.07) is 5.79. The van der Waals surface area contributed by atoms with Crippen molar-refractivity contribution in [2.24, 2.45) is 0 Å². The smallest absolute Gasteiger partial charge is 0.284 e. The van der Waals surface area contributed by atoms with Gasteiger partial charge in [-0.25, -0.2) is 0 Å². The molecule has 0 aliphatic carbocycles. The van der Waals surface area contributed by atoms with Gasteiger partial charge in [0, 0.05) is 57.9 Å². The first-order chi connectivity index (χ1) is 17.0. The number of quaternary nitrogens is 1. The largest absolute Gasteiger partial charge is 0.358 e. The molecule has 3 saturated heterocycles. The van der Waals surface area contributed by atoms with Gasteiger partial charge >= 0.3 is 0 Å². The normalized spacial score (nSPS) is 22.9. The Labute approximate surface area is 220 Å². The molecule has 1 unspecified atom stereocenters. The Balaban J connectivity index is 1.63. The summed E-state index contributed by atoms with van der Waals surface area (Å²) in [5, 5.41) is 7.50. The van der Waals surface area contributed by atoms with E-state index in [1.54, 1.807) is 0 Å². The molecule has 8 heteroatoms. The van der Waals surface area contributed by atoms with Gasteiger partial charge < -0.3 is 20.0 Å². The van der Waals surface area contributed by atoms with Crippen molar-refractivity contribution in [1.29, 1.82) is 0 Å². The lowest BCUT2D eigenvalue weighted by atomic mass is 9.79. The van der Waals surface area contributed by atoms with Crippen LogP contribution in [-0.4, -0.2) is 79.6 Å². The van der Waals surface area contributed by atoms with E-state index in [9.17, 15) is 9.59 Å². The monoisotopic (exact) mass is 523 g/mol. The molecule has 2 amide bonds. The highest BCUT2D eigenvalue weighted by Gasteiger charge is 2.58. The van der Waals surface area contributed by atoms with E-state index in [0.29, 0.717) is 22.5 Å². The molecule has 0 bridgehead atoms. The Morgan fingerprint density at radius 1 is 1.06 bits per heavy atom. The zero-order valence-corrected chi connectivity index (χ0v) is 22.4. The van der Waals surface area contributed by atoms with E-state index in [1.807, 2.05) is 18.2 Å². The molecule has 3 aliphatic rings. The average Bonchev–Trinajstić information content (AvgIpc) is 2.91. The van der Waals surface area contributed by atoms with Crippen molar-refractivity contribution >= 4 is 35.5 Å². The average molecular weight is 525 g/mol. The SMILES string of the molecule is O=CNCC(CC[N+]1(C2(C(=O)N3CCCCC3)CCNCC2)CCCCC1)c1ccc(Cl)c(Cl)c1. The maximum atomic E-state index is 14.3. The standard InChI is InChI=1S/C27H40Cl2N4O2/c28-24-8-7-22(19-25(24)29)23(20-31-21-34)9-18-33(16-5-2-6-17-33)27(10-12-30-13-11-27)26(35)32-14-3-1-4-15-32/h7-8,19,21,23,30H,1-6,9-18,20H2/p+1. The van der Waals surface area contributed by atoms with E-state index in [2.05, 4.69) is 15.5 Å². The van der Waals surface area contributed by atoms with Crippen molar-refractivity contribution in [3.63, 3.8) is 0 Å². The first-order valence-corrected chi connectivity index (χ1v) is 14.3. The van der Waals surface area contributed by atoms with E-state index >= 15 is 0 Å². The molecule has 1 atom stereocenters. The van der Waals surface area contributed by atoms with Crippen molar-refractivity contribution < 1.29 is 14.1 Å². The van der Waals surface area contributed by atoms with Crippen LogP contribution in [0.25, 0.3) is 0 Å². The lowest BCUT2D eigenvalue weighted by Crippen LogP contribution is -2.74. The Hall–Kier alpha value is -1.34. The zero-order chi connectivity index (χ0) is 24.7. The number of rotatable bonds is 9. The second-order valence-corrected chi connectivity index (χ2v) is 11.5. The summed E-state index contributed by atoms with van der Waals surface area (Å²) in [6.07, 6.45) is 10.5. The molecule has 2 N–H and O–H groups in total. The number of amides is 2. The van der Waals surface area contributed by atoms with Gasteiger partial charge in [-0.05, 0) is 56.2 Å². The molecule has 3 aliphatic heterocycles. The van der Waals surface area contributed by atoms with Crippen molar-refractivity contribution in [3.8, 4) is 0 Å². The predicted octanol–water partition coefficient (Wildman–Crippen LogP) is 4.35. The second-order valence-electron chi connectivity index (χ2n) is 10.7. The fourth-order valence-corrected chi connectivity index (χ4v) is 7.16. The molecule has 35 heavy (non-hydrogen) atoms. The Bertz CT molecular complexity index is 863. The minimum atomic E-state index is -0.344. The molecule has 0 aromatic heterocycles. The minimum absolute atomic E-state index is 0.121. The number of nitrogens with one attached hydrogen (secondary N) is 2. The van der Waals surface area contributed by atoms with Gasteiger partial charge in [0.1, 0.15) is 0 Å². The summed E-state index contributed by atoms with van der Waals surface area (Å²) in [4.78, 5) is 27.7. The van der Waals surface area contributed by atoms with Crippen LogP contribution in [0.4, 0.5) is 0 Å². The minimum Gasteiger partial charge on any atom is -0.358 e. The van der Waals surface area contributed by atoms with Crippen molar-refractivity contribution in [1.82, 2.24) is 15.5 Å². The van der Waals surface area contributed by atoms with Crippen molar-refractivity contribution in [2.75, 3.05) is 52.4 Å². The topological polar surface area (TPSA) is 61.4 Å². The third-order valence-corrected chi connectivity index (χ3v) is 9.56. The van der Waals surface area contributed by atoms with Crippen LogP contribution >= 0.6 is 23.2 Å². The molecule has 3 heterocycles. The molecular formula is C27H41Cl2N4O2+. The van der Waals surface area contributed by atoms with E-state index in [0.717, 1.165) is 94.4 Å². The maximum Gasteiger partial charge on any atom is 0.284 e. The number of piperidine rings is 3. The van der Waals surface area contributed by atoms with Gasteiger partial charge in [0.15, 0.2) is 5.54 Å². The molecule has 3 fully saturated rings. The van der Waals surface area contributed by atoms with Crippen LogP contribution in [0, 0.1) is 0 Å². The summed E-state index contributed by atoms with van der Waals surface area (Å²) >= 11 is 12.5. The van der Waals surface area contributed by atoms with Crippen LogP contribution in [0.3, 0.4) is 0 Å². The number of hydrogen-bond acceptors (Lipinski definition) is 3. The fourth-order valence-electron chi connectivity index (χ4n) is 6.85. The molecule has 194 valence electrons. The molecule has 1 aromatic carbocycles. The van der Waals surface area contributed by atoms with Gasteiger partial charge in [0.05, 0.1) is 29.7 Å². The van der Waals surface area contributed by atoms with Crippen LogP contribution in [0.5, 0.6) is 0 Å². The van der Waals surface area contributed by atoms with Crippen LogP contribution in [0.1, 0.15) is 69.3 Å². The number of halogens is 2. The van der Waals surface area contributed by atoms with Crippen molar-refractivity contribution in [3.05, 3.63) is 33.8 Å². The molecule has 4 rings (SSSR count). The number of hydrogen-bond donors (Lipinski definition) is 2. The molecular weight excluding hydrogens is 483 g/mol. The second kappa shape index (κ2) is 12.3. The van der Waals surface area contributed by atoms with Gasteiger partial charge in [0.2, 0.25) is 6.41 Å². The summed E-state index contributed by atoms with van der Waals surface area (Å²) in [7, 11) is 0. The van der Waals surface area contributed by atoms with Gasteiger partial charge in [0.25, 0.3) is 5.91 Å². The molecule has 0 radical (unpaired) electrons. The van der Waals surface area contributed by atoms with Gasteiger partial charge in [-0.1, -0.05) is 29.3 Å². The Kier molecular flexibility index (Phi) is 9.36. The Morgan fingerprint density at radius 3 is 2.40 bits per heavy atom. The molecule has 1 aromatic rings. The number of nitrogens with zero attached hydrogens (tertiary/aromatic N) is 2. The summed E-state index contributed by atoms with van der Waals surface area (Å²) in [6.45, 7) is 7.24.